The number of benzene rings is 1. The van der Waals surface area contributed by atoms with E-state index in [4.69, 9.17) is 26.4 Å². The van der Waals surface area contributed by atoms with E-state index in [1.165, 1.54) is 11.1 Å². The first-order valence-electron chi connectivity index (χ1n) is 9.28. The topological polar surface area (TPSA) is 46.2 Å². The van der Waals surface area contributed by atoms with Crippen molar-refractivity contribution in [2.45, 2.75) is 19.4 Å². The molecule has 1 saturated heterocycles. The summed E-state index contributed by atoms with van der Waals surface area (Å²) in [7, 11) is 3.35. The number of hydrogen-bond acceptors (Lipinski definition) is 5. The highest BCUT2D eigenvalue weighted by Crippen LogP contribution is 2.33. The Kier molecular flexibility index (Phi) is 6.93. The Morgan fingerprint density at radius 1 is 1.12 bits per heavy atom. The van der Waals surface area contributed by atoms with Crippen molar-refractivity contribution in [2.75, 3.05) is 60.2 Å². The third-order valence-electron chi connectivity index (χ3n) is 5.04. The molecule has 0 bridgehead atoms. The predicted octanol–water partition coefficient (Wildman–Crippen LogP) is 1.66. The van der Waals surface area contributed by atoms with E-state index in [1.54, 1.807) is 14.2 Å². The van der Waals surface area contributed by atoms with Gasteiger partial charge in [0.25, 0.3) is 0 Å². The van der Waals surface area contributed by atoms with Crippen molar-refractivity contribution in [1.82, 2.24) is 15.1 Å². The van der Waals surface area contributed by atoms with E-state index >= 15 is 0 Å². The lowest BCUT2D eigenvalue weighted by Crippen LogP contribution is -2.43. The summed E-state index contributed by atoms with van der Waals surface area (Å²) in [6, 6.07) is 4.16. The number of fused-ring (bicyclic) bond motifs is 1. The third kappa shape index (κ3) is 4.78. The molecule has 2 aliphatic rings. The SMILES string of the molecule is COc1cc2c(cc1OC)CN(C(=S)NCCCN1CCOCC1)CC2. The number of methoxy groups -OCH3 is 2. The lowest BCUT2D eigenvalue weighted by molar-refractivity contribution is 0.0376. The van der Waals surface area contributed by atoms with Gasteiger partial charge in [0, 0.05) is 32.7 Å². The summed E-state index contributed by atoms with van der Waals surface area (Å²) in [4.78, 5) is 4.68. The van der Waals surface area contributed by atoms with Crippen LogP contribution in [0.2, 0.25) is 0 Å². The largest absolute Gasteiger partial charge is 0.493 e. The normalized spacial score (nSPS) is 17.5. The van der Waals surface area contributed by atoms with Gasteiger partial charge in [0.1, 0.15) is 0 Å². The zero-order chi connectivity index (χ0) is 18.4. The number of ether oxygens (including phenoxy) is 3. The molecule has 26 heavy (non-hydrogen) atoms. The van der Waals surface area contributed by atoms with E-state index in [1.807, 2.05) is 0 Å². The van der Waals surface area contributed by atoms with Gasteiger partial charge in [-0.2, -0.15) is 0 Å². The summed E-state index contributed by atoms with van der Waals surface area (Å²) in [5.41, 5.74) is 2.57. The summed E-state index contributed by atoms with van der Waals surface area (Å²) >= 11 is 5.61. The standard InChI is InChI=1S/C19H29N3O3S/c1-23-17-12-15-4-7-22(14-16(15)13-18(17)24-2)19(26)20-5-3-6-21-8-10-25-11-9-21/h12-13H,3-11,14H2,1-2H3,(H,20,26). The van der Waals surface area contributed by atoms with Crippen LogP contribution in [0.1, 0.15) is 17.5 Å². The predicted molar refractivity (Wildman–Crippen MR) is 106 cm³/mol. The third-order valence-corrected chi connectivity index (χ3v) is 5.44. The maximum Gasteiger partial charge on any atom is 0.169 e. The fraction of sp³-hybridized carbons (Fsp3) is 0.632. The molecule has 0 saturated carbocycles. The molecule has 3 rings (SSSR count). The van der Waals surface area contributed by atoms with Gasteiger partial charge in [-0.1, -0.05) is 0 Å². The summed E-state index contributed by atoms with van der Waals surface area (Å²) in [5, 5.41) is 4.26. The molecule has 2 heterocycles. The highest BCUT2D eigenvalue weighted by atomic mass is 32.1. The molecule has 0 aromatic heterocycles. The summed E-state index contributed by atoms with van der Waals surface area (Å²) in [6.07, 6.45) is 2.06. The van der Waals surface area contributed by atoms with E-state index in [0.29, 0.717) is 0 Å². The number of rotatable bonds is 6. The Morgan fingerprint density at radius 2 is 1.81 bits per heavy atom. The van der Waals surface area contributed by atoms with Crippen molar-refractivity contribution in [2.24, 2.45) is 0 Å². The molecule has 0 aliphatic carbocycles. The molecule has 6 nitrogen and oxygen atoms in total. The Bertz CT molecular complexity index is 620. The first-order valence-corrected chi connectivity index (χ1v) is 9.68. The van der Waals surface area contributed by atoms with Crippen molar-refractivity contribution in [3.8, 4) is 11.5 Å². The van der Waals surface area contributed by atoms with E-state index in [2.05, 4.69) is 27.2 Å². The minimum atomic E-state index is 0.775. The van der Waals surface area contributed by atoms with Gasteiger partial charge < -0.3 is 24.4 Å². The molecule has 2 aliphatic heterocycles. The summed E-state index contributed by atoms with van der Waals surface area (Å²) in [6.45, 7) is 7.53. The molecule has 1 aromatic carbocycles. The Balaban J connectivity index is 1.47. The van der Waals surface area contributed by atoms with E-state index in [0.717, 1.165) is 81.9 Å². The first-order chi connectivity index (χ1) is 12.7. The number of nitrogens with one attached hydrogen (secondary N) is 1. The summed E-state index contributed by atoms with van der Waals surface area (Å²) < 4.78 is 16.2. The van der Waals surface area contributed by atoms with E-state index in [-0.39, 0.29) is 0 Å². The van der Waals surface area contributed by atoms with Crippen LogP contribution < -0.4 is 14.8 Å². The smallest absolute Gasteiger partial charge is 0.169 e. The van der Waals surface area contributed by atoms with Gasteiger partial charge in [-0.15, -0.1) is 0 Å². The van der Waals surface area contributed by atoms with Gasteiger partial charge in [-0.05, 0) is 54.9 Å². The van der Waals surface area contributed by atoms with Crippen molar-refractivity contribution in [3.05, 3.63) is 23.3 Å². The van der Waals surface area contributed by atoms with E-state index in [9.17, 15) is 0 Å². The van der Waals surface area contributed by atoms with Crippen LogP contribution in [0.15, 0.2) is 12.1 Å². The van der Waals surface area contributed by atoms with Crippen LogP contribution in [-0.2, 0) is 17.7 Å². The molecular weight excluding hydrogens is 350 g/mol. The van der Waals surface area contributed by atoms with Gasteiger partial charge >= 0.3 is 0 Å². The minimum Gasteiger partial charge on any atom is -0.493 e. The second-order valence-electron chi connectivity index (χ2n) is 6.69. The molecule has 0 radical (unpaired) electrons. The quantitative estimate of drug-likeness (QED) is 0.596. The number of thiocarbonyl (C=S) groups is 1. The van der Waals surface area contributed by atoms with Crippen molar-refractivity contribution in [3.63, 3.8) is 0 Å². The van der Waals surface area contributed by atoms with Crippen molar-refractivity contribution < 1.29 is 14.2 Å². The lowest BCUT2D eigenvalue weighted by Gasteiger charge is -2.32. The van der Waals surface area contributed by atoms with Crippen LogP contribution >= 0.6 is 12.2 Å². The zero-order valence-electron chi connectivity index (χ0n) is 15.8. The molecule has 1 N–H and O–H groups in total. The molecule has 0 spiro atoms. The molecule has 7 heteroatoms. The summed E-state index contributed by atoms with van der Waals surface area (Å²) in [5.74, 6) is 1.57. The number of hydrogen-bond donors (Lipinski definition) is 1. The van der Waals surface area contributed by atoms with Gasteiger partial charge in [-0.25, -0.2) is 0 Å². The molecule has 0 atom stereocenters. The highest BCUT2D eigenvalue weighted by molar-refractivity contribution is 7.80. The molecule has 144 valence electrons. The average molecular weight is 380 g/mol. The molecule has 0 unspecified atom stereocenters. The van der Waals surface area contributed by atoms with Crippen LogP contribution in [0, 0.1) is 0 Å². The maximum absolute atomic E-state index is 5.61. The first kappa shape index (κ1) is 19.2. The zero-order valence-corrected chi connectivity index (χ0v) is 16.6. The fourth-order valence-corrected chi connectivity index (χ4v) is 3.75. The Labute approximate surface area is 161 Å². The Morgan fingerprint density at radius 3 is 2.50 bits per heavy atom. The lowest BCUT2D eigenvalue weighted by atomic mass is 9.99. The van der Waals surface area contributed by atoms with Crippen LogP contribution in [0.3, 0.4) is 0 Å². The van der Waals surface area contributed by atoms with Gasteiger partial charge in [0.2, 0.25) is 0 Å². The second-order valence-corrected chi connectivity index (χ2v) is 7.07. The Hall–Kier alpha value is -1.57. The van der Waals surface area contributed by atoms with Crippen LogP contribution in [0.5, 0.6) is 11.5 Å². The molecule has 1 aromatic rings. The monoisotopic (exact) mass is 379 g/mol. The van der Waals surface area contributed by atoms with Crippen LogP contribution in [0.4, 0.5) is 0 Å². The highest BCUT2D eigenvalue weighted by Gasteiger charge is 2.21. The van der Waals surface area contributed by atoms with Gasteiger partial charge in [0.15, 0.2) is 16.6 Å². The van der Waals surface area contributed by atoms with Crippen LogP contribution in [0.25, 0.3) is 0 Å². The molecule has 0 amide bonds. The van der Waals surface area contributed by atoms with Crippen LogP contribution in [-0.4, -0.2) is 75.1 Å². The fourth-order valence-electron chi connectivity index (χ4n) is 3.49. The van der Waals surface area contributed by atoms with E-state index < -0.39 is 0 Å². The maximum atomic E-state index is 5.61. The molecule has 1 fully saturated rings. The number of nitrogens with zero attached hydrogens (tertiary/aromatic N) is 2. The average Bonchev–Trinajstić information content (AvgIpc) is 2.70. The van der Waals surface area contributed by atoms with Crippen molar-refractivity contribution >= 4 is 17.3 Å². The van der Waals surface area contributed by atoms with Gasteiger partial charge in [-0.3, -0.25) is 4.90 Å². The molecular formula is C19H29N3O3S. The minimum absolute atomic E-state index is 0.775. The number of morpholine rings is 1. The van der Waals surface area contributed by atoms with Crippen molar-refractivity contribution in [1.29, 1.82) is 0 Å². The van der Waals surface area contributed by atoms with Gasteiger partial charge in [0.05, 0.1) is 27.4 Å². The second kappa shape index (κ2) is 9.39.